The van der Waals surface area contributed by atoms with Crippen LogP contribution in [-0.4, -0.2) is 36.6 Å². The maximum absolute atomic E-state index is 5.31. The number of aromatic amines is 1. The molecule has 2 aromatic rings. The summed E-state index contributed by atoms with van der Waals surface area (Å²) in [5.41, 5.74) is 4.16. The molecule has 3 nitrogen and oxygen atoms in total. The third-order valence-electron chi connectivity index (χ3n) is 4.23. The zero-order valence-corrected chi connectivity index (χ0v) is 11.8. The van der Waals surface area contributed by atoms with Gasteiger partial charge in [0.1, 0.15) is 5.75 Å². The van der Waals surface area contributed by atoms with Gasteiger partial charge in [-0.05, 0) is 50.0 Å². The lowest BCUT2D eigenvalue weighted by Crippen LogP contribution is -2.29. The van der Waals surface area contributed by atoms with E-state index in [1.807, 2.05) is 0 Å². The highest BCUT2D eigenvalue weighted by Crippen LogP contribution is 2.28. The average molecular weight is 258 g/mol. The van der Waals surface area contributed by atoms with Crippen LogP contribution in [0.1, 0.15) is 24.6 Å². The number of ether oxygens (including phenoxy) is 1. The fourth-order valence-electron chi connectivity index (χ4n) is 3.09. The van der Waals surface area contributed by atoms with Gasteiger partial charge in [-0.15, -0.1) is 0 Å². The first kappa shape index (κ1) is 12.5. The molecule has 0 spiro atoms. The Kier molecular flexibility index (Phi) is 3.47. The van der Waals surface area contributed by atoms with Crippen LogP contribution in [0.15, 0.2) is 18.2 Å². The van der Waals surface area contributed by atoms with Gasteiger partial charge >= 0.3 is 0 Å². The van der Waals surface area contributed by atoms with Crippen molar-refractivity contribution < 1.29 is 4.74 Å². The van der Waals surface area contributed by atoms with Gasteiger partial charge in [-0.25, -0.2) is 0 Å². The number of nitrogens with one attached hydrogen (secondary N) is 1. The molecule has 19 heavy (non-hydrogen) atoms. The molecule has 0 amide bonds. The van der Waals surface area contributed by atoms with Gasteiger partial charge in [0.25, 0.3) is 0 Å². The molecule has 0 bridgehead atoms. The first-order chi connectivity index (χ1) is 9.31. The van der Waals surface area contributed by atoms with Crippen molar-refractivity contribution in [1.29, 1.82) is 0 Å². The summed E-state index contributed by atoms with van der Waals surface area (Å²) in [7, 11) is 1.72. The smallest absolute Gasteiger partial charge is 0.120 e. The number of H-pyrrole nitrogens is 1. The first-order valence-electron chi connectivity index (χ1n) is 7.21. The summed E-state index contributed by atoms with van der Waals surface area (Å²) in [6, 6.07) is 6.37. The van der Waals surface area contributed by atoms with E-state index in [0.29, 0.717) is 0 Å². The van der Waals surface area contributed by atoms with E-state index in [0.717, 1.165) is 25.1 Å². The van der Waals surface area contributed by atoms with Gasteiger partial charge < -0.3 is 14.6 Å². The zero-order valence-electron chi connectivity index (χ0n) is 11.8. The molecule has 0 fully saturated rings. The van der Waals surface area contributed by atoms with Crippen LogP contribution in [0.4, 0.5) is 0 Å². The lowest BCUT2D eigenvalue weighted by Gasteiger charge is -2.22. The molecule has 1 aliphatic rings. The second kappa shape index (κ2) is 5.25. The van der Waals surface area contributed by atoms with Crippen molar-refractivity contribution in [1.82, 2.24) is 9.88 Å². The minimum Gasteiger partial charge on any atom is -0.497 e. The molecular weight excluding hydrogens is 236 g/mol. The molecule has 1 N–H and O–H groups in total. The van der Waals surface area contributed by atoms with Crippen LogP contribution >= 0.6 is 0 Å². The van der Waals surface area contributed by atoms with E-state index in [1.165, 1.54) is 41.7 Å². The maximum atomic E-state index is 5.31. The van der Waals surface area contributed by atoms with Crippen LogP contribution in [0.5, 0.6) is 5.75 Å². The molecule has 0 atom stereocenters. The van der Waals surface area contributed by atoms with Crippen molar-refractivity contribution in [3.63, 3.8) is 0 Å². The number of benzene rings is 1. The Morgan fingerprint density at radius 1 is 1.26 bits per heavy atom. The van der Waals surface area contributed by atoms with Crippen LogP contribution in [0.3, 0.4) is 0 Å². The predicted molar refractivity (Wildman–Crippen MR) is 79.0 cm³/mol. The minimum absolute atomic E-state index is 0.928. The SMILES string of the molecule is CCN1CCCc2[nH]c3cc(OC)ccc3c2CC1. The quantitative estimate of drug-likeness (QED) is 0.897. The average Bonchev–Trinajstić information content (AvgIpc) is 2.75. The summed E-state index contributed by atoms with van der Waals surface area (Å²) in [6.45, 7) is 5.80. The summed E-state index contributed by atoms with van der Waals surface area (Å²) in [5, 5.41) is 1.37. The number of hydrogen-bond acceptors (Lipinski definition) is 2. The number of hydrogen-bond donors (Lipinski definition) is 1. The third kappa shape index (κ3) is 2.35. The summed E-state index contributed by atoms with van der Waals surface area (Å²) in [4.78, 5) is 6.14. The van der Waals surface area contributed by atoms with Crippen LogP contribution in [-0.2, 0) is 12.8 Å². The summed E-state index contributed by atoms with van der Waals surface area (Å²) in [5.74, 6) is 0.928. The number of methoxy groups -OCH3 is 1. The summed E-state index contributed by atoms with van der Waals surface area (Å²) >= 11 is 0. The van der Waals surface area contributed by atoms with Gasteiger partial charge in [0.05, 0.1) is 7.11 Å². The highest BCUT2D eigenvalue weighted by molar-refractivity contribution is 5.86. The second-order valence-corrected chi connectivity index (χ2v) is 5.28. The molecule has 3 rings (SSSR count). The Balaban J connectivity index is 2.00. The van der Waals surface area contributed by atoms with Gasteiger partial charge in [0, 0.05) is 29.2 Å². The molecule has 1 aromatic heterocycles. The maximum Gasteiger partial charge on any atom is 0.120 e. The van der Waals surface area contributed by atoms with Crippen molar-refractivity contribution in [3.05, 3.63) is 29.5 Å². The Morgan fingerprint density at radius 2 is 2.16 bits per heavy atom. The third-order valence-corrected chi connectivity index (χ3v) is 4.23. The Labute approximate surface area is 114 Å². The fourth-order valence-corrected chi connectivity index (χ4v) is 3.09. The number of likely N-dealkylation sites (N-methyl/N-ethyl adjacent to an activating group) is 1. The molecule has 0 radical (unpaired) electrons. The van der Waals surface area contributed by atoms with Crippen LogP contribution in [0.2, 0.25) is 0 Å². The summed E-state index contributed by atoms with van der Waals surface area (Å²) < 4.78 is 5.31. The molecule has 0 aliphatic carbocycles. The molecule has 102 valence electrons. The molecule has 1 aromatic carbocycles. The van der Waals surface area contributed by atoms with E-state index < -0.39 is 0 Å². The van der Waals surface area contributed by atoms with Gasteiger partial charge in [0.2, 0.25) is 0 Å². The van der Waals surface area contributed by atoms with Crippen molar-refractivity contribution in [2.24, 2.45) is 0 Å². The van der Waals surface area contributed by atoms with E-state index >= 15 is 0 Å². The van der Waals surface area contributed by atoms with Gasteiger partial charge in [-0.2, -0.15) is 0 Å². The highest BCUT2D eigenvalue weighted by atomic mass is 16.5. The molecule has 0 unspecified atom stereocenters. The van der Waals surface area contributed by atoms with E-state index in [9.17, 15) is 0 Å². The number of aryl methyl sites for hydroxylation is 1. The molecule has 3 heteroatoms. The first-order valence-corrected chi connectivity index (χ1v) is 7.21. The fraction of sp³-hybridized carbons (Fsp3) is 0.500. The van der Waals surface area contributed by atoms with Gasteiger partial charge in [-0.1, -0.05) is 6.92 Å². The molecule has 2 heterocycles. The van der Waals surface area contributed by atoms with Gasteiger partial charge in [-0.3, -0.25) is 0 Å². The van der Waals surface area contributed by atoms with Crippen molar-refractivity contribution >= 4 is 10.9 Å². The molecule has 0 saturated heterocycles. The lowest BCUT2D eigenvalue weighted by molar-refractivity contribution is 0.283. The van der Waals surface area contributed by atoms with E-state index in [-0.39, 0.29) is 0 Å². The van der Waals surface area contributed by atoms with Gasteiger partial charge in [0.15, 0.2) is 0 Å². The van der Waals surface area contributed by atoms with E-state index in [1.54, 1.807) is 7.11 Å². The summed E-state index contributed by atoms with van der Waals surface area (Å²) in [6.07, 6.45) is 3.54. The largest absolute Gasteiger partial charge is 0.497 e. The Bertz CT molecular complexity index is 573. The standard InChI is InChI=1S/C16H22N2O/c1-3-18-9-4-5-15-14(8-10-18)13-7-6-12(19-2)11-16(13)17-15/h6-7,11,17H,3-5,8-10H2,1-2H3. The number of nitrogens with zero attached hydrogens (tertiary/aromatic N) is 1. The molecule has 1 aliphatic heterocycles. The van der Waals surface area contributed by atoms with Crippen molar-refractivity contribution in [3.8, 4) is 5.75 Å². The van der Waals surface area contributed by atoms with E-state index in [2.05, 4.69) is 35.0 Å². The normalized spacial score (nSPS) is 16.9. The Morgan fingerprint density at radius 3 is 2.95 bits per heavy atom. The second-order valence-electron chi connectivity index (χ2n) is 5.28. The Hall–Kier alpha value is -1.48. The van der Waals surface area contributed by atoms with Crippen molar-refractivity contribution in [2.45, 2.75) is 26.2 Å². The van der Waals surface area contributed by atoms with Crippen LogP contribution in [0, 0.1) is 0 Å². The van der Waals surface area contributed by atoms with Crippen molar-refractivity contribution in [2.75, 3.05) is 26.7 Å². The topological polar surface area (TPSA) is 28.3 Å². The molecular formula is C16H22N2O. The number of aromatic nitrogens is 1. The predicted octanol–water partition coefficient (Wildman–Crippen LogP) is 2.99. The zero-order chi connectivity index (χ0) is 13.2. The minimum atomic E-state index is 0.928. The lowest BCUT2D eigenvalue weighted by atomic mass is 10.0. The van der Waals surface area contributed by atoms with Crippen LogP contribution < -0.4 is 4.74 Å². The van der Waals surface area contributed by atoms with Crippen LogP contribution in [0.25, 0.3) is 10.9 Å². The van der Waals surface area contributed by atoms with E-state index in [4.69, 9.17) is 4.74 Å². The highest BCUT2D eigenvalue weighted by Gasteiger charge is 2.16. The molecule has 0 saturated carbocycles. The number of fused-ring (bicyclic) bond motifs is 3. The number of rotatable bonds is 2. The monoisotopic (exact) mass is 258 g/mol.